The highest BCUT2D eigenvalue weighted by Crippen LogP contribution is 2.28. The molecule has 0 amide bonds. The lowest BCUT2D eigenvalue weighted by Gasteiger charge is -2.03. The van der Waals surface area contributed by atoms with E-state index in [1.807, 2.05) is 31.2 Å². The second kappa shape index (κ2) is 5.23. The number of aryl methyl sites for hydroxylation is 1. The Balaban J connectivity index is 2.42. The Bertz CT molecular complexity index is 561. The van der Waals surface area contributed by atoms with Gasteiger partial charge >= 0.3 is 0 Å². The number of carbonyl (C=O) groups is 1. The minimum Gasteiger partial charge on any atom is -0.494 e. The maximum Gasteiger partial charge on any atom is 0.155 e. The average molecular weight is 265 g/mol. The Morgan fingerprint density at radius 1 is 1.39 bits per heavy atom. The van der Waals surface area contributed by atoms with Crippen LogP contribution in [0.5, 0.6) is 5.75 Å². The number of carbonyl (C=O) groups excluding carboxylic acids is 1. The number of benzene rings is 1. The minimum atomic E-state index is 0.342. The van der Waals surface area contributed by atoms with Gasteiger partial charge in [-0.25, -0.2) is 0 Å². The summed E-state index contributed by atoms with van der Waals surface area (Å²) >= 11 is 5.99. The van der Waals surface area contributed by atoms with Crippen molar-refractivity contribution < 1.29 is 9.53 Å². The van der Waals surface area contributed by atoms with Gasteiger partial charge in [0, 0.05) is 12.6 Å². The Labute approximate surface area is 110 Å². The molecule has 4 nitrogen and oxygen atoms in total. The fourth-order valence-corrected chi connectivity index (χ4v) is 1.89. The topological polar surface area (TPSA) is 44.1 Å². The third kappa shape index (κ3) is 2.24. The summed E-state index contributed by atoms with van der Waals surface area (Å²) in [6.07, 6.45) is 0.723. The standard InChI is InChI=1S/C13H13ClN2O2/c1-3-18-10-6-4-9(5-7-10)12-11(8-17)13(14)16(2)15-12/h4-8H,3H2,1-2H3. The van der Waals surface area contributed by atoms with Crippen molar-refractivity contribution in [2.24, 2.45) is 7.05 Å². The van der Waals surface area contributed by atoms with Gasteiger partial charge in [-0.3, -0.25) is 9.48 Å². The van der Waals surface area contributed by atoms with E-state index < -0.39 is 0 Å². The van der Waals surface area contributed by atoms with Crippen LogP contribution in [0.25, 0.3) is 11.3 Å². The molecule has 0 aliphatic carbocycles. The molecule has 1 heterocycles. The van der Waals surface area contributed by atoms with E-state index >= 15 is 0 Å². The number of aldehydes is 1. The van der Waals surface area contributed by atoms with Crippen LogP contribution in [0.15, 0.2) is 24.3 Å². The van der Waals surface area contributed by atoms with Gasteiger partial charge in [-0.05, 0) is 31.2 Å². The minimum absolute atomic E-state index is 0.342. The number of aromatic nitrogens is 2. The van der Waals surface area contributed by atoms with E-state index in [9.17, 15) is 4.79 Å². The van der Waals surface area contributed by atoms with E-state index in [4.69, 9.17) is 16.3 Å². The summed E-state index contributed by atoms with van der Waals surface area (Å²) in [5, 5.41) is 4.58. The van der Waals surface area contributed by atoms with E-state index in [1.165, 1.54) is 4.68 Å². The van der Waals surface area contributed by atoms with E-state index in [-0.39, 0.29) is 0 Å². The molecule has 2 aromatic rings. The molecule has 0 aliphatic rings. The molecule has 0 aliphatic heterocycles. The average Bonchev–Trinajstić information content (AvgIpc) is 2.67. The van der Waals surface area contributed by atoms with Crippen molar-refractivity contribution in [3.63, 3.8) is 0 Å². The summed E-state index contributed by atoms with van der Waals surface area (Å²) in [6.45, 7) is 2.55. The second-order valence-corrected chi connectivity index (χ2v) is 4.11. The van der Waals surface area contributed by atoms with Gasteiger partial charge < -0.3 is 4.74 Å². The first-order chi connectivity index (χ1) is 8.67. The largest absolute Gasteiger partial charge is 0.494 e. The second-order valence-electron chi connectivity index (χ2n) is 3.75. The highest BCUT2D eigenvalue weighted by atomic mass is 35.5. The van der Waals surface area contributed by atoms with Gasteiger partial charge in [0.1, 0.15) is 16.6 Å². The monoisotopic (exact) mass is 264 g/mol. The molecule has 0 fully saturated rings. The zero-order chi connectivity index (χ0) is 13.1. The fourth-order valence-electron chi connectivity index (χ4n) is 1.71. The summed E-state index contributed by atoms with van der Waals surface area (Å²) in [5.74, 6) is 0.788. The van der Waals surface area contributed by atoms with Gasteiger partial charge in [-0.2, -0.15) is 5.10 Å². The molecule has 2 rings (SSSR count). The predicted octanol–water partition coefficient (Wildman–Crippen LogP) is 2.95. The summed E-state index contributed by atoms with van der Waals surface area (Å²) in [7, 11) is 1.70. The van der Waals surface area contributed by atoms with Crippen molar-refractivity contribution in [3.05, 3.63) is 35.0 Å². The lowest BCUT2D eigenvalue weighted by atomic mass is 10.1. The summed E-state index contributed by atoms with van der Waals surface area (Å²) < 4.78 is 6.84. The Kier molecular flexibility index (Phi) is 3.67. The fraction of sp³-hybridized carbons (Fsp3) is 0.231. The van der Waals surface area contributed by atoms with Crippen molar-refractivity contribution in [2.75, 3.05) is 6.61 Å². The van der Waals surface area contributed by atoms with Crippen LogP contribution in [0.4, 0.5) is 0 Å². The zero-order valence-electron chi connectivity index (χ0n) is 10.2. The molecule has 94 valence electrons. The number of hydrogen-bond acceptors (Lipinski definition) is 3. The predicted molar refractivity (Wildman–Crippen MR) is 70.2 cm³/mol. The molecule has 5 heteroatoms. The van der Waals surface area contributed by atoms with Gasteiger partial charge in [0.05, 0.1) is 12.2 Å². The molecule has 0 saturated carbocycles. The molecule has 18 heavy (non-hydrogen) atoms. The maximum absolute atomic E-state index is 11.0. The van der Waals surface area contributed by atoms with Crippen molar-refractivity contribution in [3.8, 4) is 17.0 Å². The van der Waals surface area contributed by atoms with Crippen LogP contribution < -0.4 is 4.74 Å². The van der Waals surface area contributed by atoms with Crippen LogP contribution >= 0.6 is 11.6 Å². The normalized spacial score (nSPS) is 10.4. The number of halogens is 1. The van der Waals surface area contributed by atoms with Crippen LogP contribution in [0.3, 0.4) is 0 Å². The first-order valence-electron chi connectivity index (χ1n) is 5.58. The number of rotatable bonds is 4. The Morgan fingerprint density at radius 3 is 2.61 bits per heavy atom. The van der Waals surface area contributed by atoms with E-state index in [2.05, 4.69) is 5.10 Å². The molecule has 0 spiro atoms. The SMILES string of the molecule is CCOc1ccc(-c2nn(C)c(Cl)c2C=O)cc1. The summed E-state index contributed by atoms with van der Waals surface area (Å²) in [4.78, 5) is 11.0. The smallest absolute Gasteiger partial charge is 0.155 e. The van der Waals surface area contributed by atoms with E-state index in [0.29, 0.717) is 23.0 Å². The number of ether oxygens (including phenoxy) is 1. The molecule has 0 unspecified atom stereocenters. The summed E-state index contributed by atoms with van der Waals surface area (Å²) in [5.41, 5.74) is 1.83. The van der Waals surface area contributed by atoms with Crippen LogP contribution in [0.1, 0.15) is 17.3 Å². The van der Waals surface area contributed by atoms with Crippen LogP contribution in [-0.2, 0) is 7.05 Å². The van der Waals surface area contributed by atoms with Crippen molar-refractivity contribution in [1.29, 1.82) is 0 Å². The first-order valence-corrected chi connectivity index (χ1v) is 5.96. The molecule has 0 atom stereocenters. The Hall–Kier alpha value is -1.81. The van der Waals surface area contributed by atoms with Gasteiger partial charge in [-0.1, -0.05) is 11.6 Å². The molecule has 1 aromatic carbocycles. The highest BCUT2D eigenvalue weighted by Gasteiger charge is 2.15. The third-order valence-corrected chi connectivity index (χ3v) is 3.02. The molecular formula is C13H13ClN2O2. The molecule has 0 saturated heterocycles. The van der Waals surface area contributed by atoms with Gasteiger partial charge in [0.2, 0.25) is 0 Å². The van der Waals surface area contributed by atoms with E-state index in [1.54, 1.807) is 7.05 Å². The molecule has 0 radical (unpaired) electrons. The lowest BCUT2D eigenvalue weighted by Crippen LogP contribution is -1.92. The molecule has 1 aromatic heterocycles. The van der Waals surface area contributed by atoms with E-state index in [0.717, 1.165) is 17.6 Å². The van der Waals surface area contributed by atoms with Gasteiger partial charge in [0.25, 0.3) is 0 Å². The lowest BCUT2D eigenvalue weighted by molar-refractivity contribution is 0.112. The Morgan fingerprint density at radius 2 is 2.06 bits per heavy atom. The maximum atomic E-state index is 11.0. The third-order valence-electron chi connectivity index (χ3n) is 2.57. The quantitative estimate of drug-likeness (QED) is 0.798. The van der Waals surface area contributed by atoms with Gasteiger partial charge in [-0.15, -0.1) is 0 Å². The number of hydrogen-bond donors (Lipinski definition) is 0. The van der Waals surface area contributed by atoms with Crippen molar-refractivity contribution in [1.82, 2.24) is 9.78 Å². The molecule has 0 N–H and O–H groups in total. The highest BCUT2D eigenvalue weighted by molar-refractivity contribution is 6.32. The molecule has 0 bridgehead atoms. The van der Waals surface area contributed by atoms with Crippen LogP contribution in [0.2, 0.25) is 5.15 Å². The number of nitrogens with zero attached hydrogens (tertiary/aromatic N) is 2. The first kappa shape index (κ1) is 12.6. The zero-order valence-corrected chi connectivity index (χ0v) is 10.9. The van der Waals surface area contributed by atoms with Gasteiger partial charge in [0.15, 0.2) is 6.29 Å². The van der Waals surface area contributed by atoms with Crippen LogP contribution in [-0.4, -0.2) is 22.7 Å². The summed E-state index contributed by atoms with van der Waals surface area (Å²) in [6, 6.07) is 7.40. The van der Waals surface area contributed by atoms with Crippen LogP contribution in [0, 0.1) is 0 Å². The van der Waals surface area contributed by atoms with Crippen molar-refractivity contribution in [2.45, 2.75) is 6.92 Å². The molecular weight excluding hydrogens is 252 g/mol. The van der Waals surface area contributed by atoms with Crippen molar-refractivity contribution >= 4 is 17.9 Å².